The number of para-hydroxylation sites is 1. The van der Waals surface area contributed by atoms with Crippen molar-refractivity contribution in [3.63, 3.8) is 0 Å². The molecule has 1 aliphatic heterocycles. The first-order valence-corrected chi connectivity index (χ1v) is 14.6. The summed E-state index contributed by atoms with van der Waals surface area (Å²) in [6, 6.07) is 28.9. The first kappa shape index (κ1) is 27.1. The van der Waals surface area contributed by atoms with Gasteiger partial charge in [0, 0.05) is 37.0 Å². The fraction of sp³-hybridized carbons (Fsp3) is 0.412. The van der Waals surface area contributed by atoms with E-state index < -0.39 is 0 Å². The van der Waals surface area contributed by atoms with Crippen molar-refractivity contribution in [2.75, 3.05) is 24.5 Å². The van der Waals surface area contributed by atoms with Gasteiger partial charge in [-0.2, -0.15) is 0 Å². The molecular formula is C34H41N3O2. The van der Waals surface area contributed by atoms with E-state index in [1.165, 1.54) is 5.56 Å². The molecule has 1 heterocycles. The van der Waals surface area contributed by atoms with Crippen LogP contribution in [0.15, 0.2) is 84.9 Å². The van der Waals surface area contributed by atoms with Crippen LogP contribution in [-0.2, 0) is 11.3 Å². The molecule has 204 valence electrons. The van der Waals surface area contributed by atoms with E-state index in [0.717, 1.165) is 68.4 Å². The lowest BCUT2D eigenvalue weighted by atomic mass is 9.71. The van der Waals surface area contributed by atoms with Crippen LogP contribution in [0.25, 0.3) is 0 Å². The molecule has 0 aromatic heterocycles. The van der Waals surface area contributed by atoms with E-state index in [9.17, 15) is 9.59 Å². The number of urea groups is 1. The van der Waals surface area contributed by atoms with E-state index in [0.29, 0.717) is 25.3 Å². The van der Waals surface area contributed by atoms with Gasteiger partial charge in [0.1, 0.15) is 5.78 Å². The van der Waals surface area contributed by atoms with Crippen LogP contribution in [0.2, 0.25) is 0 Å². The maximum atomic E-state index is 13.6. The van der Waals surface area contributed by atoms with Crippen molar-refractivity contribution < 1.29 is 9.59 Å². The highest BCUT2D eigenvalue weighted by molar-refractivity contribution is 5.92. The van der Waals surface area contributed by atoms with Crippen LogP contribution in [0.4, 0.5) is 10.5 Å². The Morgan fingerprint density at radius 3 is 2.13 bits per heavy atom. The molecule has 0 spiro atoms. The number of Topliss-reactive ketones (excluding diaryl/α,β-unsaturated/α-hetero) is 1. The molecule has 2 amide bonds. The lowest BCUT2D eigenvalue weighted by molar-refractivity contribution is -0.124. The molecule has 1 unspecified atom stereocenters. The molecule has 3 aromatic rings. The number of nitrogens with zero attached hydrogens (tertiary/aromatic N) is 2. The van der Waals surface area contributed by atoms with Crippen molar-refractivity contribution in [3.05, 3.63) is 102 Å². The summed E-state index contributed by atoms with van der Waals surface area (Å²) < 4.78 is 0. The monoisotopic (exact) mass is 523 g/mol. The number of hydrogen-bond acceptors (Lipinski definition) is 3. The second-order valence-electron chi connectivity index (χ2n) is 11.2. The Labute approximate surface area is 233 Å². The third kappa shape index (κ3) is 6.59. The molecule has 1 saturated heterocycles. The number of benzene rings is 3. The third-order valence-corrected chi connectivity index (χ3v) is 8.61. The van der Waals surface area contributed by atoms with Crippen molar-refractivity contribution >= 4 is 17.5 Å². The Bertz CT molecular complexity index is 1210. The van der Waals surface area contributed by atoms with Crippen LogP contribution in [0.5, 0.6) is 0 Å². The standard InChI is InChI=1S/C34H41N3O2/c35-24-29(27-11-3-1-4-12-27)23-33(38)32-16-8-7-15-31(32)28-19-17-26(18-20-28)25-37(30-13-5-2-6-14-30)34(39)36-21-9-10-22-36/h1-6,11-14,17-20,29,31-32H,7-10,15-16,21-25,35H2/t29-,31-,32?/m0/s1. The van der Waals surface area contributed by atoms with Crippen LogP contribution in [0.1, 0.15) is 73.5 Å². The average Bonchev–Trinajstić information content (AvgIpc) is 3.55. The predicted octanol–water partition coefficient (Wildman–Crippen LogP) is 6.88. The summed E-state index contributed by atoms with van der Waals surface area (Å²) in [5, 5.41) is 0. The van der Waals surface area contributed by atoms with Gasteiger partial charge in [0.15, 0.2) is 0 Å². The van der Waals surface area contributed by atoms with Crippen molar-refractivity contribution in [2.24, 2.45) is 11.7 Å². The van der Waals surface area contributed by atoms with Gasteiger partial charge in [0.25, 0.3) is 0 Å². The summed E-state index contributed by atoms with van der Waals surface area (Å²) in [4.78, 5) is 30.8. The minimum Gasteiger partial charge on any atom is -0.330 e. The quantitative estimate of drug-likeness (QED) is 0.332. The summed E-state index contributed by atoms with van der Waals surface area (Å²) in [6.07, 6.45) is 6.89. The van der Waals surface area contributed by atoms with Gasteiger partial charge in [-0.1, -0.05) is 85.6 Å². The molecule has 5 nitrogen and oxygen atoms in total. The van der Waals surface area contributed by atoms with Gasteiger partial charge in [0.05, 0.1) is 6.54 Å². The van der Waals surface area contributed by atoms with Crippen LogP contribution in [-0.4, -0.2) is 36.3 Å². The van der Waals surface area contributed by atoms with E-state index in [2.05, 4.69) is 36.4 Å². The molecule has 1 saturated carbocycles. The van der Waals surface area contributed by atoms with Crippen molar-refractivity contribution in [1.82, 2.24) is 4.90 Å². The summed E-state index contributed by atoms with van der Waals surface area (Å²) >= 11 is 0. The third-order valence-electron chi connectivity index (χ3n) is 8.61. The Hall–Kier alpha value is -3.44. The Morgan fingerprint density at radius 1 is 0.821 bits per heavy atom. The Balaban J connectivity index is 1.30. The van der Waals surface area contributed by atoms with Crippen LogP contribution < -0.4 is 10.6 Å². The van der Waals surface area contributed by atoms with Gasteiger partial charge in [-0.15, -0.1) is 0 Å². The molecule has 3 aromatic carbocycles. The zero-order valence-corrected chi connectivity index (χ0v) is 22.9. The van der Waals surface area contributed by atoms with Gasteiger partial charge in [0.2, 0.25) is 0 Å². The van der Waals surface area contributed by atoms with Crippen LogP contribution in [0.3, 0.4) is 0 Å². The van der Waals surface area contributed by atoms with Gasteiger partial charge >= 0.3 is 6.03 Å². The highest BCUT2D eigenvalue weighted by Crippen LogP contribution is 2.40. The Morgan fingerprint density at radius 2 is 1.46 bits per heavy atom. The number of nitrogens with two attached hydrogens (primary N) is 1. The topological polar surface area (TPSA) is 66.6 Å². The summed E-state index contributed by atoms with van der Waals surface area (Å²) in [5.41, 5.74) is 10.5. The maximum absolute atomic E-state index is 13.6. The molecule has 2 fully saturated rings. The molecule has 5 heteroatoms. The molecular weight excluding hydrogens is 482 g/mol. The number of carbonyl (C=O) groups excluding carboxylic acids is 2. The number of anilines is 1. The first-order valence-electron chi connectivity index (χ1n) is 14.6. The van der Waals surface area contributed by atoms with E-state index in [-0.39, 0.29) is 23.8 Å². The minimum absolute atomic E-state index is 0.0416. The zero-order valence-electron chi connectivity index (χ0n) is 22.9. The van der Waals surface area contributed by atoms with E-state index in [1.807, 2.05) is 58.3 Å². The number of hydrogen-bond donors (Lipinski definition) is 1. The number of likely N-dealkylation sites (tertiary alicyclic amines) is 1. The van der Waals surface area contributed by atoms with Gasteiger partial charge < -0.3 is 10.6 Å². The molecule has 3 atom stereocenters. The van der Waals surface area contributed by atoms with E-state index >= 15 is 0 Å². The highest BCUT2D eigenvalue weighted by atomic mass is 16.2. The van der Waals surface area contributed by atoms with Crippen molar-refractivity contribution in [3.8, 4) is 0 Å². The molecule has 39 heavy (non-hydrogen) atoms. The summed E-state index contributed by atoms with van der Waals surface area (Å²) in [5.74, 6) is 0.696. The fourth-order valence-electron chi connectivity index (χ4n) is 6.38. The van der Waals surface area contributed by atoms with Crippen molar-refractivity contribution in [1.29, 1.82) is 0 Å². The fourth-order valence-corrected chi connectivity index (χ4v) is 6.38. The lowest BCUT2D eigenvalue weighted by Crippen LogP contribution is -2.41. The van der Waals surface area contributed by atoms with Crippen LogP contribution >= 0.6 is 0 Å². The Kier molecular flexibility index (Phi) is 9.10. The molecule has 5 rings (SSSR count). The second-order valence-corrected chi connectivity index (χ2v) is 11.2. The summed E-state index contributed by atoms with van der Waals surface area (Å²) in [6.45, 7) is 2.67. The number of carbonyl (C=O) groups is 2. The predicted molar refractivity (Wildman–Crippen MR) is 158 cm³/mol. The normalized spacial score (nSPS) is 20.0. The highest BCUT2D eigenvalue weighted by Gasteiger charge is 2.33. The van der Waals surface area contributed by atoms with Crippen LogP contribution in [0, 0.1) is 5.92 Å². The first-order chi connectivity index (χ1) is 19.1. The van der Waals surface area contributed by atoms with E-state index in [4.69, 9.17) is 5.73 Å². The van der Waals surface area contributed by atoms with Gasteiger partial charge in [-0.25, -0.2) is 4.79 Å². The average molecular weight is 524 g/mol. The molecule has 2 aliphatic rings. The van der Waals surface area contributed by atoms with Gasteiger partial charge in [-0.05, 0) is 67.0 Å². The van der Waals surface area contributed by atoms with Crippen molar-refractivity contribution in [2.45, 2.75) is 63.3 Å². The zero-order chi connectivity index (χ0) is 27.0. The lowest BCUT2D eigenvalue weighted by Gasteiger charge is -2.32. The number of rotatable bonds is 9. The number of amides is 2. The number of ketones is 1. The minimum atomic E-state index is 0.0416. The van der Waals surface area contributed by atoms with Gasteiger partial charge in [-0.3, -0.25) is 9.69 Å². The SMILES string of the molecule is NC[C@H](CC(=O)C1CCCC[C@H]1c1ccc(CN(C(=O)N2CCCC2)c2ccccc2)cc1)c1ccccc1. The maximum Gasteiger partial charge on any atom is 0.324 e. The summed E-state index contributed by atoms with van der Waals surface area (Å²) in [7, 11) is 0. The molecule has 1 aliphatic carbocycles. The smallest absolute Gasteiger partial charge is 0.324 e. The molecule has 2 N–H and O–H groups in total. The largest absolute Gasteiger partial charge is 0.330 e. The molecule has 0 bridgehead atoms. The molecule has 0 radical (unpaired) electrons. The second kappa shape index (κ2) is 13.1. The van der Waals surface area contributed by atoms with E-state index in [1.54, 1.807) is 0 Å².